The molecule has 4 amide bonds. The van der Waals surface area contributed by atoms with E-state index in [-0.39, 0.29) is 71.4 Å². The third-order valence-corrected chi connectivity index (χ3v) is 16.6. The molecule has 0 radical (unpaired) electrons. The maximum absolute atomic E-state index is 14.2. The van der Waals surface area contributed by atoms with Crippen molar-refractivity contribution in [2.45, 2.75) is 58.4 Å². The van der Waals surface area contributed by atoms with Crippen LogP contribution in [-0.2, 0) is 49.7 Å². The van der Waals surface area contributed by atoms with E-state index in [1.807, 2.05) is 85.8 Å². The van der Waals surface area contributed by atoms with Gasteiger partial charge in [0.2, 0.25) is 47.4 Å². The lowest BCUT2D eigenvalue weighted by molar-refractivity contribution is -0.137. The van der Waals surface area contributed by atoms with E-state index >= 15 is 0 Å². The summed E-state index contributed by atoms with van der Waals surface area (Å²) >= 11 is 0. The fourth-order valence-electron chi connectivity index (χ4n) is 10.6. The van der Waals surface area contributed by atoms with Crippen LogP contribution in [-0.4, -0.2) is 108 Å². The van der Waals surface area contributed by atoms with Gasteiger partial charge in [0.1, 0.15) is 28.7 Å². The van der Waals surface area contributed by atoms with E-state index in [1.165, 1.54) is 31.4 Å². The second-order valence-corrected chi connectivity index (χ2v) is 25.2. The number of ether oxygens (including phenoxy) is 2. The summed E-state index contributed by atoms with van der Waals surface area (Å²) in [6.45, 7) is 19.4. The van der Waals surface area contributed by atoms with Gasteiger partial charge in [-0.1, -0.05) is 99.1 Å². The zero-order valence-electron chi connectivity index (χ0n) is 63.5. The standard InChI is InChI=1S/C22H19F3N4O2.C21H20FN5O2.C21H21N5O.C20H23FN6O2/c1-3-17(30)11-14-7-9-15(10-8-14)27-20-19(22(23,24)25)13-26-21(29-20)28-16-5-4-6-18(12-16)31-2;1-3-19(28)25-15-5-4-6-16(11-15)26-20-18(22)13-24-21(27-20)23-12-14-7-9-17(29-2)10-8-14;1-3-19(27)22-14-16-9-11-18(12-10-16)24-20-15(2)13-23-21(26-20)25-17-7-5-4-6-8-17;1-3-18(29)23-14-6-4-7-15(10-14)24-19-17(21)11-22-20(26-19)25-16-8-5-9-27(12-16)13(2)28/h3-10,12-13H,1,11H2,2H3,(H2,26,27,28,29);3-11,13H,1,12H2,2H3,(H,25,28)(H2,23,24,26,27);3-13H,1,14H2,2H3,(H,22,27)(H2,23,24,25,26);3-4,6-7,10-11,16H,1,5,8-9,12H2,2H3,(H,23,29)(H2,22,24,25,26). The number of hydrogen-bond acceptors (Lipinski definition) is 23. The molecule has 12 rings (SSSR count). The Morgan fingerprint density at radius 2 is 0.948 bits per heavy atom. The van der Waals surface area contributed by atoms with Gasteiger partial charge in [0, 0.05) is 115 Å². The van der Waals surface area contributed by atoms with E-state index in [4.69, 9.17) is 9.47 Å². The maximum Gasteiger partial charge on any atom is 0.421 e. The Balaban J connectivity index is 0.000000177. The van der Waals surface area contributed by atoms with Crippen LogP contribution in [0.25, 0.3) is 0 Å². The number of methoxy groups -OCH3 is 2. The van der Waals surface area contributed by atoms with Gasteiger partial charge in [-0.2, -0.15) is 33.1 Å². The minimum absolute atomic E-state index is 0.00315. The van der Waals surface area contributed by atoms with Gasteiger partial charge in [0.25, 0.3) is 0 Å². The van der Waals surface area contributed by atoms with Crippen LogP contribution in [0.1, 0.15) is 47.6 Å². The van der Waals surface area contributed by atoms with Crippen LogP contribution in [0.4, 0.5) is 115 Å². The number of benzene rings is 7. The molecular formula is C84H83F5N20O7. The third-order valence-electron chi connectivity index (χ3n) is 16.6. The Morgan fingerprint density at radius 1 is 0.483 bits per heavy atom. The molecule has 1 unspecified atom stereocenters. The number of piperidine rings is 1. The number of para-hydroxylation sites is 1. The SMILES string of the molecule is C=CC(=O)Cc1ccc(Nc2nc(Nc3cccc(OC)c3)ncc2C(F)(F)F)cc1.C=CC(=O)NCc1ccc(Nc2nc(Nc3ccccc3)ncc2C)cc1.C=CC(=O)Nc1cccc(Nc2nc(NC3CCCN(C(C)=O)C3)ncc2F)c1.C=CC(=O)Nc1cccc(Nc2nc(NCc3ccc(OC)cc3)ncc2F)c1. The van der Waals surface area contributed by atoms with E-state index in [1.54, 1.807) is 122 Å². The molecule has 0 saturated carbocycles. The number of amides is 4. The minimum Gasteiger partial charge on any atom is -0.497 e. The van der Waals surface area contributed by atoms with Crippen molar-refractivity contribution in [2.75, 3.05) is 80.5 Å². The highest BCUT2D eigenvalue weighted by Gasteiger charge is 2.35. The number of aromatic nitrogens is 8. The molecule has 1 fully saturated rings. The molecule has 1 saturated heterocycles. The van der Waals surface area contributed by atoms with Gasteiger partial charge >= 0.3 is 6.18 Å². The van der Waals surface area contributed by atoms with Crippen molar-refractivity contribution in [3.8, 4) is 11.5 Å². The highest BCUT2D eigenvalue weighted by molar-refractivity contribution is 6.00. The number of allylic oxidation sites excluding steroid dienone is 1. The second-order valence-electron chi connectivity index (χ2n) is 25.2. The number of nitrogens with one attached hydrogen (secondary N) is 11. The summed E-state index contributed by atoms with van der Waals surface area (Å²) < 4.78 is 79.0. The number of likely N-dealkylation sites (tertiary alicyclic amines) is 1. The molecule has 0 spiro atoms. The number of hydrogen-bond donors (Lipinski definition) is 11. The molecule has 116 heavy (non-hydrogen) atoms. The second kappa shape index (κ2) is 42.4. The first-order valence-corrected chi connectivity index (χ1v) is 35.8. The molecule has 11 aromatic rings. The molecule has 1 atom stereocenters. The Bertz CT molecular complexity index is 5220. The van der Waals surface area contributed by atoms with Gasteiger partial charge in [0.15, 0.2) is 29.1 Å². The Kier molecular flexibility index (Phi) is 31.1. The van der Waals surface area contributed by atoms with Crippen molar-refractivity contribution in [1.29, 1.82) is 0 Å². The molecular weight excluding hydrogens is 1500 g/mol. The van der Waals surface area contributed by atoms with Gasteiger partial charge in [-0.3, -0.25) is 24.0 Å². The van der Waals surface area contributed by atoms with Crippen LogP contribution in [0.15, 0.2) is 251 Å². The smallest absolute Gasteiger partial charge is 0.421 e. The summed E-state index contributed by atoms with van der Waals surface area (Å²) in [4.78, 5) is 92.0. The van der Waals surface area contributed by atoms with Crippen LogP contribution in [0.3, 0.4) is 0 Å². The fourth-order valence-corrected chi connectivity index (χ4v) is 10.6. The van der Waals surface area contributed by atoms with Crippen molar-refractivity contribution < 1.29 is 55.4 Å². The summed E-state index contributed by atoms with van der Waals surface area (Å²) in [5.41, 5.74) is 7.63. The molecule has 1 aliphatic heterocycles. The van der Waals surface area contributed by atoms with E-state index < -0.39 is 29.2 Å². The highest BCUT2D eigenvalue weighted by atomic mass is 19.4. The summed E-state index contributed by atoms with van der Waals surface area (Å²) in [7, 11) is 3.12. The van der Waals surface area contributed by atoms with Crippen molar-refractivity contribution in [2.24, 2.45) is 0 Å². The molecule has 0 bridgehead atoms. The summed E-state index contributed by atoms with van der Waals surface area (Å²) in [5, 5.41) is 32.1. The topological polar surface area (TPSA) is 342 Å². The van der Waals surface area contributed by atoms with E-state index in [9.17, 15) is 45.9 Å². The number of carbonyl (C=O) groups excluding carboxylic acids is 5. The first kappa shape index (κ1) is 85.0. The molecule has 1 aliphatic rings. The van der Waals surface area contributed by atoms with Gasteiger partial charge in [-0.05, 0) is 158 Å². The van der Waals surface area contributed by atoms with Crippen molar-refractivity contribution >= 4 is 122 Å². The predicted octanol–water partition coefficient (Wildman–Crippen LogP) is 16.4. The Morgan fingerprint density at radius 3 is 1.52 bits per heavy atom. The van der Waals surface area contributed by atoms with Crippen LogP contribution in [0.5, 0.6) is 11.5 Å². The number of anilines is 16. The van der Waals surface area contributed by atoms with Crippen molar-refractivity contribution in [1.82, 2.24) is 50.1 Å². The number of aryl methyl sites for hydroxylation is 1. The molecule has 5 heterocycles. The molecule has 7 aromatic carbocycles. The van der Waals surface area contributed by atoms with Crippen LogP contribution in [0.2, 0.25) is 0 Å². The summed E-state index contributed by atoms with van der Waals surface area (Å²) in [6.07, 6.45) is 6.77. The quantitative estimate of drug-likeness (QED) is 0.0153. The van der Waals surface area contributed by atoms with E-state index in [0.717, 1.165) is 83.2 Å². The Labute approximate surface area is 665 Å². The average Bonchev–Trinajstić information content (AvgIpc) is 0.809. The molecule has 4 aromatic heterocycles. The lowest BCUT2D eigenvalue weighted by Crippen LogP contribution is -2.44. The van der Waals surface area contributed by atoms with Gasteiger partial charge in [0.05, 0.1) is 26.6 Å². The first-order valence-electron chi connectivity index (χ1n) is 35.8. The van der Waals surface area contributed by atoms with Crippen molar-refractivity contribution in [3.05, 3.63) is 291 Å². The number of rotatable bonds is 29. The number of nitrogens with zero attached hydrogens (tertiary/aromatic N) is 9. The molecule has 0 aliphatic carbocycles. The van der Waals surface area contributed by atoms with Gasteiger partial charge in [-0.15, -0.1) is 0 Å². The van der Waals surface area contributed by atoms with Crippen molar-refractivity contribution in [3.63, 3.8) is 0 Å². The van der Waals surface area contributed by atoms with E-state index in [0.29, 0.717) is 65.5 Å². The normalized spacial score (nSPS) is 11.8. The van der Waals surface area contributed by atoms with E-state index in [2.05, 4.69) is 125 Å². The monoisotopic (exact) mass is 1580 g/mol. The molecule has 32 heteroatoms. The molecule has 596 valence electrons. The largest absolute Gasteiger partial charge is 0.497 e. The number of carbonyl (C=O) groups is 5. The minimum atomic E-state index is -4.65. The first-order chi connectivity index (χ1) is 55.9. The van der Waals surface area contributed by atoms with Gasteiger partial charge in [-0.25, -0.2) is 28.7 Å². The summed E-state index contributed by atoms with van der Waals surface area (Å²) in [5.74, 6) is 0.585. The molecule has 27 nitrogen and oxygen atoms in total. The number of ketones is 1. The lowest BCUT2D eigenvalue weighted by atomic mass is 10.1. The van der Waals surface area contributed by atoms with Gasteiger partial charge < -0.3 is 72.9 Å². The fraction of sp³-hybridized carbons (Fsp3) is 0.155. The predicted molar refractivity (Wildman–Crippen MR) is 441 cm³/mol. The van der Waals surface area contributed by atoms with Crippen LogP contribution < -0.4 is 68.0 Å². The summed E-state index contributed by atoms with van der Waals surface area (Å²) in [6, 6.07) is 52.0. The van der Waals surface area contributed by atoms with Crippen LogP contribution in [0, 0.1) is 18.6 Å². The average molecular weight is 1580 g/mol. The Hall–Kier alpha value is -15.0. The lowest BCUT2D eigenvalue weighted by Gasteiger charge is -2.32. The maximum atomic E-state index is 14.2. The highest BCUT2D eigenvalue weighted by Crippen LogP contribution is 2.36. The zero-order chi connectivity index (χ0) is 82.9. The third kappa shape index (κ3) is 27.2. The zero-order valence-corrected chi connectivity index (χ0v) is 63.5. The number of alkyl halides is 3. The van der Waals surface area contributed by atoms with Crippen LogP contribution >= 0.6 is 0 Å². The molecule has 11 N–H and O–H groups in total. The number of halogens is 5.